The third-order valence-electron chi connectivity index (χ3n) is 9.49. The lowest BCUT2D eigenvalue weighted by Gasteiger charge is -2.28. The SMILES string of the molecule is CC/C=C\C/C=C\C/C=C\C/C=C\C/C=C\C/C=C\CCCCCCCCCCC(=O)OC(COC(=O)CCCCCCCCCC)COP(=O)([O-])OCC[N+](C)(C)C. The third-order valence-corrected chi connectivity index (χ3v) is 10.5. The standard InChI is InChI=1S/C49H86NO8P/c1-6-8-10-12-14-16-17-18-19-20-21-22-23-24-25-26-27-28-29-30-31-32-33-34-36-38-40-42-49(52)58-47(46-57-59(53,54)56-44-43-50(3,4)5)45-55-48(51)41-39-37-35-15-13-11-9-7-2/h8,10,14,16,18-19,21-22,24-25,27-28,47H,6-7,9,11-13,15,17,20,23,26,29-46H2,1-5H3/b10-8-,16-14-,19-18-,22-21-,25-24-,28-27-. The van der Waals surface area contributed by atoms with Crippen molar-refractivity contribution in [2.75, 3.05) is 47.5 Å². The van der Waals surface area contributed by atoms with Gasteiger partial charge < -0.3 is 27.9 Å². The lowest BCUT2D eigenvalue weighted by molar-refractivity contribution is -0.870. The fraction of sp³-hybridized carbons (Fsp3) is 0.714. The van der Waals surface area contributed by atoms with Gasteiger partial charge in [0.05, 0.1) is 27.7 Å². The first-order valence-corrected chi connectivity index (χ1v) is 24.6. The minimum atomic E-state index is -4.62. The second-order valence-electron chi connectivity index (χ2n) is 16.4. The zero-order valence-electron chi connectivity index (χ0n) is 38.2. The van der Waals surface area contributed by atoms with Gasteiger partial charge in [0.15, 0.2) is 6.10 Å². The Balaban J connectivity index is 4.20. The summed E-state index contributed by atoms with van der Waals surface area (Å²) < 4.78 is 33.8. The van der Waals surface area contributed by atoms with Gasteiger partial charge >= 0.3 is 11.9 Å². The number of carbonyl (C=O) groups is 2. The fourth-order valence-corrected chi connectivity index (χ4v) is 6.62. The number of unbranched alkanes of at least 4 members (excludes halogenated alkanes) is 15. The van der Waals surface area contributed by atoms with E-state index in [0.29, 0.717) is 17.4 Å². The van der Waals surface area contributed by atoms with Crippen LogP contribution in [0.1, 0.15) is 174 Å². The Morgan fingerprint density at radius 2 is 0.966 bits per heavy atom. The number of rotatable bonds is 41. The van der Waals surface area contributed by atoms with E-state index in [1.54, 1.807) is 0 Å². The third kappa shape index (κ3) is 44.8. The second kappa shape index (κ2) is 40.8. The van der Waals surface area contributed by atoms with E-state index in [2.05, 4.69) is 86.8 Å². The molecule has 0 amide bonds. The molecule has 59 heavy (non-hydrogen) atoms. The van der Waals surface area contributed by atoms with Crippen molar-refractivity contribution in [1.82, 2.24) is 0 Å². The highest BCUT2D eigenvalue weighted by molar-refractivity contribution is 7.45. The van der Waals surface area contributed by atoms with Gasteiger partial charge in [-0.3, -0.25) is 14.2 Å². The maximum absolute atomic E-state index is 12.7. The summed E-state index contributed by atoms with van der Waals surface area (Å²) in [4.78, 5) is 37.4. The Hall–Kier alpha value is -2.55. The van der Waals surface area contributed by atoms with Gasteiger partial charge in [-0.15, -0.1) is 0 Å². The first-order valence-electron chi connectivity index (χ1n) is 23.1. The molecule has 0 aliphatic rings. The molecule has 0 saturated carbocycles. The van der Waals surface area contributed by atoms with Gasteiger partial charge in [-0.25, -0.2) is 0 Å². The smallest absolute Gasteiger partial charge is 0.306 e. The highest BCUT2D eigenvalue weighted by Crippen LogP contribution is 2.38. The maximum Gasteiger partial charge on any atom is 0.306 e. The monoisotopic (exact) mass is 848 g/mol. The Kier molecular flexibility index (Phi) is 39.1. The molecule has 0 bridgehead atoms. The van der Waals surface area contributed by atoms with Crippen LogP contribution in [0.5, 0.6) is 0 Å². The molecule has 10 heteroatoms. The molecule has 0 aromatic heterocycles. The molecule has 0 radical (unpaired) electrons. The van der Waals surface area contributed by atoms with Crippen molar-refractivity contribution in [3.05, 3.63) is 72.9 Å². The number of phosphoric acid groups is 1. The Morgan fingerprint density at radius 1 is 0.542 bits per heavy atom. The maximum atomic E-state index is 12.7. The lowest BCUT2D eigenvalue weighted by Crippen LogP contribution is -2.37. The van der Waals surface area contributed by atoms with Gasteiger partial charge in [0.2, 0.25) is 0 Å². The molecular formula is C49H86NO8P. The number of allylic oxidation sites excluding steroid dienone is 12. The molecule has 2 atom stereocenters. The van der Waals surface area contributed by atoms with Crippen LogP contribution in [0.25, 0.3) is 0 Å². The quantitative estimate of drug-likeness (QED) is 0.0197. The van der Waals surface area contributed by atoms with Crippen molar-refractivity contribution in [2.24, 2.45) is 0 Å². The summed E-state index contributed by atoms with van der Waals surface area (Å²) in [6, 6.07) is 0. The highest BCUT2D eigenvalue weighted by atomic mass is 31.2. The minimum Gasteiger partial charge on any atom is -0.756 e. The molecule has 2 unspecified atom stereocenters. The number of quaternary nitrogens is 1. The van der Waals surface area contributed by atoms with Crippen LogP contribution in [0.4, 0.5) is 0 Å². The van der Waals surface area contributed by atoms with Crippen LogP contribution < -0.4 is 4.89 Å². The van der Waals surface area contributed by atoms with E-state index in [1.165, 1.54) is 57.8 Å². The van der Waals surface area contributed by atoms with Gasteiger partial charge in [0.1, 0.15) is 19.8 Å². The van der Waals surface area contributed by atoms with Crippen molar-refractivity contribution in [3.63, 3.8) is 0 Å². The summed E-state index contributed by atoms with van der Waals surface area (Å²) in [5.74, 6) is -0.853. The highest BCUT2D eigenvalue weighted by Gasteiger charge is 2.21. The average molecular weight is 848 g/mol. The molecule has 340 valence electrons. The number of nitrogens with zero attached hydrogens (tertiary/aromatic N) is 1. The van der Waals surface area contributed by atoms with E-state index in [-0.39, 0.29) is 26.1 Å². The largest absolute Gasteiger partial charge is 0.756 e. The number of likely N-dealkylation sites (N-methyl/N-ethyl adjacent to an activating group) is 1. The molecule has 0 aromatic carbocycles. The van der Waals surface area contributed by atoms with Crippen LogP contribution in [0.2, 0.25) is 0 Å². The van der Waals surface area contributed by atoms with Crippen LogP contribution in [0, 0.1) is 0 Å². The van der Waals surface area contributed by atoms with Crippen molar-refractivity contribution in [2.45, 2.75) is 180 Å². The molecule has 0 aliphatic carbocycles. The second-order valence-corrected chi connectivity index (χ2v) is 17.8. The van der Waals surface area contributed by atoms with Gasteiger partial charge in [-0.1, -0.05) is 170 Å². The van der Waals surface area contributed by atoms with Crippen LogP contribution in [-0.4, -0.2) is 70.0 Å². The van der Waals surface area contributed by atoms with E-state index in [9.17, 15) is 19.0 Å². The number of esters is 2. The first-order chi connectivity index (χ1) is 28.5. The van der Waals surface area contributed by atoms with Gasteiger partial charge in [-0.2, -0.15) is 0 Å². The zero-order valence-corrected chi connectivity index (χ0v) is 39.1. The molecule has 0 aliphatic heterocycles. The Morgan fingerprint density at radius 3 is 1.44 bits per heavy atom. The molecule has 0 heterocycles. The summed E-state index contributed by atoms with van der Waals surface area (Å²) in [7, 11) is 1.15. The fourth-order valence-electron chi connectivity index (χ4n) is 5.89. The molecular weight excluding hydrogens is 762 g/mol. The van der Waals surface area contributed by atoms with Crippen molar-refractivity contribution < 1.29 is 42.1 Å². The molecule has 0 fully saturated rings. The van der Waals surface area contributed by atoms with Gasteiger partial charge in [0, 0.05) is 12.8 Å². The van der Waals surface area contributed by atoms with Crippen LogP contribution in [-0.2, 0) is 32.7 Å². The summed E-state index contributed by atoms with van der Waals surface area (Å²) in [6.45, 7) is 4.05. The number of phosphoric ester groups is 1. The number of carbonyl (C=O) groups excluding carboxylic acids is 2. The van der Waals surface area contributed by atoms with Crippen LogP contribution in [0.15, 0.2) is 72.9 Å². The summed E-state index contributed by atoms with van der Waals surface area (Å²) in [5.41, 5.74) is 0. The van der Waals surface area contributed by atoms with E-state index in [0.717, 1.165) is 83.5 Å². The van der Waals surface area contributed by atoms with Gasteiger partial charge in [-0.05, 0) is 64.2 Å². The van der Waals surface area contributed by atoms with Crippen molar-refractivity contribution >= 4 is 19.8 Å². The molecule has 0 N–H and O–H groups in total. The van der Waals surface area contributed by atoms with Gasteiger partial charge in [0.25, 0.3) is 7.82 Å². The minimum absolute atomic E-state index is 0.0351. The van der Waals surface area contributed by atoms with Crippen molar-refractivity contribution in [3.8, 4) is 0 Å². The predicted octanol–water partition coefficient (Wildman–Crippen LogP) is 12.8. The predicted molar refractivity (Wildman–Crippen MR) is 245 cm³/mol. The topological polar surface area (TPSA) is 111 Å². The lowest BCUT2D eigenvalue weighted by atomic mass is 10.1. The van der Waals surface area contributed by atoms with E-state index in [1.807, 2.05) is 21.1 Å². The van der Waals surface area contributed by atoms with Crippen molar-refractivity contribution in [1.29, 1.82) is 0 Å². The van der Waals surface area contributed by atoms with E-state index in [4.69, 9.17) is 18.5 Å². The van der Waals surface area contributed by atoms with E-state index < -0.39 is 32.5 Å². The Bertz CT molecular complexity index is 1230. The number of ether oxygens (including phenoxy) is 2. The summed E-state index contributed by atoms with van der Waals surface area (Å²) >= 11 is 0. The first kappa shape index (κ1) is 56.5. The average Bonchev–Trinajstić information content (AvgIpc) is 3.19. The Labute approximate surface area is 361 Å². The number of hydrogen-bond donors (Lipinski definition) is 0. The number of hydrogen-bond acceptors (Lipinski definition) is 8. The molecule has 9 nitrogen and oxygen atoms in total. The van der Waals surface area contributed by atoms with Crippen LogP contribution >= 0.6 is 7.82 Å². The molecule has 0 saturated heterocycles. The zero-order chi connectivity index (χ0) is 43.6. The molecule has 0 aromatic rings. The van der Waals surface area contributed by atoms with Crippen LogP contribution in [0.3, 0.4) is 0 Å². The molecule has 0 spiro atoms. The summed E-state index contributed by atoms with van der Waals surface area (Å²) in [5, 5.41) is 0. The normalized spacial score (nSPS) is 14.2. The molecule has 0 rings (SSSR count). The van der Waals surface area contributed by atoms with E-state index >= 15 is 0 Å². The summed E-state index contributed by atoms with van der Waals surface area (Å²) in [6.07, 6.45) is 50.9.